The highest BCUT2D eigenvalue weighted by Crippen LogP contribution is 2.28. The molecule has 1 unspecified atom stereocenters. The summed E-state index contributed by atoms with van der Waals surface area (Å²) in [6.45, 7) is 1.43. The van der Waals surface area contributed by atoms with Crippen LogP contribution >= 0.6 is 0 Å². The van der Waals surface area contributed by atoms with E-state index in [0.29, 0.717) is 16.6 Å². The zero-order chi connectivity index (χ0) is 9.42. The normalized spacial score (nSPS) is 13.4. The molecule has 0 radical (unpaired) electrons. The molecule has 2 N–H and O–H groups in total. The fourth-order valence-electron chi connectivity index (χ4n) is 1.35. The van der Waals surface area contributed by atoms with Gasteiger partial charge >= 0.3 is 0 Å². The van der Waals surface area contributed by atoms with Gasteiger partial charge in [-0.3, -0.25) is 5.10 Å². The summed E-state index contributed by atoms with van der Waals surface area (Å²) in [5.41, 5.74) is 0.827. The minimum atomic E-state index is -1.10. The van der Waals surface area contributed by atoms with Crippen molar-refractivity contribution in [3.63, 3.8) is 0 Å². The van der Waals surface area contributed by atoms with Crippen LogP contribution in [0.2, 0.25) is 0 Å². The van der Waals surface area contributed by atoms with Crippen molar-refractivity contribution in [3.05, 3.63) is 23.9 Å². The summed E-state index contributed by atoms with van der Waals surface area (Å²) >= 11 is 0. The summed E-state index contributed by atoms with van der Waals surface area (Å²) in [7, 11) is 0. The second-order valence-corrected chi connectivity index (χ2v) is 2.93. The number of fused-ring (bicyclic) bond motifs is 1. The second kappa shape index (κ2) is 2.73. The third-order valence-corrected chi connectivity index (χ3v) is 1.99. The van der Waals surface area contributed by atoms with Crippen molar-refractivity contribution in [1.29, 1.82) is 0 Å². The van der Waals surface area contributed by atoms with E-state index < -0.39 is 6.17 Å². The molecule has 0 aliphatic rings. The third-order valence-electron chi connectivity index (χ3n) is 1.99. The molecular weight excluding hydrogens is 171 g/mol. The number of H-pyrrole nitrogens is 1. The Hall–Kier alpha value is -1.58. The Kier molecular flexibility index (Phi) is 1.69. The number of phenols is 1. The number of aromatic amines is 1. The molecule has 0 fully saturated rings. The standard InChI is InChI=1S/C9H9FN2O/c1-5(10)8-6-3-2-4-7(13)9(6)12-11-8/h2-5,13H,1H3,(H,11,12). The van der Waals surface area contributed by atoms with E-state index in [9.17, 15) is 9.50 Å². The number of phenolic OH excluding ortho intramolecular Hbond substituents is 1. The molecule has 68 valence electrons. The van der Waals surface area contributed by atoms with E-state index in [1.807, 2.05) is 0 Å². The minimum Gasteiger partial charge on any atom is -0.506 e. The van der Waals surface area contributed by atoms with Gasteiger partial charge < -0.3 is 5.11 Å². The van der Waals surface area contributed by atoms with Crippen LogP contribution in [-0.4, -0.2) is 15.3 Å². The number of nitrogens with zero attached hydrogens (tertiary/aromatic N) is 1. The number of nitrogens with one attached hydrogen (secondary N) is 1. The van der Waals surface area contributed by atoms with Crippen molar-refractivity contribution >= 4 is 10.9 Å². The summed E-state index contributed by atoms with van der Waals surface area (Å²) in [5.74, 6) is 0.0700. The SMILES string of the molecule is CC(F)c1[nH]nc2c(O)cccc12. The number of rotatable bonds is 1. The fraction of sp³-hybridized carbons (Fsp3) is 0.222. The van der Waals surface area contributed by atoms with Gasteiger partial charge in [-0.15, -0.1) is 0 Å². The highest BCUT2D eigenvalue weighted by molar-refractivity contribution is 5.86. The van der Waals surface area contributed by atoms with Crippen molar-refractivity contribution < 1.29 is 9.50 Å². The van der Waals surface area contributed by atoms with Crippen LogP contribution in [0.5, 0.6) is 5.75 Å². The Balaban J connectivity index is 2.75. The number of halogens is 1. The van der Waals surface area contributed by atoms with Gasteiger partial charge in [0.25, 0.3) is 0 Å². The zero-order valence-electron chi connectivity index (χ0n) is 7.08. The number of hydrogen-bond donors (Lipinski definition) is 2. The van der Waals surface area contributed by atoms with Crippen molar-refractivity contribution in [2.45, 2.75) is 13.1 Å². The Labute approximate surface area is 74.2 Å². The largest absolute Gasteiger partial charge is 0.506 e. The van der Waals surface area contributed by atoms with E-state index in [1.165, 1.54) is 13.0 Å². The monoisotopic (exact) mass is 180 g/mol. The van der Waals surface area contributed by atoms with Crippen LogP contribution in [0, 0.1) is 0 Å². The second-order valence-electron chi connectivity index (χ2n) is 2.93. The van der Waals surface area contributed by atoms with Crippen molar-refractivity contribution in [2.24, 2.45) is 0 Å². The third kappa shape index (κ3) is 1.14. The molecule has 0 aliphatic carbocycles. The number of aromatic nitrogens is 2. The summed E-state index contributed by atoms with van der Waals surface area (Å²) in [5, 5.41) is 16.4. The van der Waals surface area contributed by atoms with Crippen LogP contribution in [0.15, 0.2) is 18.2 Å². The molecule has 2 aromatic rings. The topological polar surface area (TPSA) is 48.9 Å². The molecule has 1 aromatic heterocycles. The van der Waals surface area contributed by atoms with Crippen LogP contribution in [0.1, 0.15) is 18.8 Å². The van der Waals surface area contributed by atoms with Crippen LogP contribution in [0.3, 0.4) is 0 Å². The molecule has 0 saturated carbocycles. The molecule has 3 nitrogen and oxygen atoms in total. The van der Waals surface area contributed by atoms with Gasteiger partial charge in [-0.25, -0.2) is 4.39 Å². The lowest BCUT2D eigenvalue weighted by Gasteiger charge is -1.97. The molecule has 0 saturated heterocycles. The average Bonchev–Trinajstić information content (AvgIpc) is 2.48. The van der Waals surface area contributed by atoms with Crippen molar-refractivity contribution in [1.82, 2.24) is 10.2 Å². The Morgan fingerprint density at radius 3 is 3.00 bits per heavy atom. The van der Waals surface area contributed by atoms with Gasteiger partial charge in [0.2, 0.25) is 0 Å². The lowest BCUT2D eigenvalue weighted by atomic mass is 10.1. The first-order valence-electron chi connectivity index (χ1n) is 4.00. The molecule has 1 heterocycles. The van der Waals surface area contributed by atoms with Gasteiger partial charge in [0.1, 0.15) is 17.4 Å². The lowest BCUT2D eigenvalue weighted by molar-refractivity contribution is 0.367. The molecule has 4 heteroatoms. The summed E-state index contributed by atoms with van der Waals surface area (Å²) in [4.78, 5) is 0. The number of aromatic hydroxyl groups is 1. The maximum atomic E-state index is 13.0. The Bertz CT molecular complexity index is 436. The van der Waals surface area contributed by atoms with Crippen LogP contribution < -0.4 is 0 Å². The van der Waals surface area contributed by atoms with Gasteiger partial charge in [-0.05, 0) is 13.0 Å². The van der Waals surface area contributed by atoms with E-state index in [2.05, 4.69) is 10.2 Å². The molecule has 0 amide bonds. The summed E-state index contributed by atoms with van der Waals surface area (Å²) in [6.07, 6.45) is -1.10. The predicted molar refractivity (Wildman–Crippen MR) is 47.3 cm³/mol. The van der Waals surface area contributed by atoms with E-state index >= 15 is 0 Å². The molecule has 1 aromatic carbocycles. The number of para-hydroxylation sites is 1. The summed E-state index contributed by atoms with van der Waals surface area (Å²) in [6, 6.07) is 4.92. The first-order chi connectivity index (χ1) is 6.20. The number of benzene rings is 1. The van der Waals surface area contributed by atoms with Gasteiger partial charge in [0.05, 0.1) is 5.69 Å². The van der Waals surface area contributed by atoms with Crippen LogP contribution in [0.4, 0.5) is 4.39 Å². The molecule has 0 spiro atoms. The lowest BCUT2D eigenvalue weighted by Crippen LogP contribution is -1.85. The first-order valence-corrected chi connectivity index (χ1v) is 4.00. The van der Waals surface area contributed by atoms with E-state index in [0.717, 1.165) is 0 Å². The molecule has 0 bridgehead atoms. The molecule has 1 atom stereocenters. The van der Waals surface area contributed by atoms with Gasteiger partial charge in [-0.1, -0.05) is 12.1 Å². The smallest absolute Gasteiger partial charge is 0.143 e. The van der Waals surface area contributed by atoms with E-state index in [1.54, 1.807) is 12.1 Å². The molecule has 13 heavy (non-hydrogen) atoms. The molecular formula is C9H9FN2O. The van der Waals surface area contributed by atoms with E-state index in [4.69, 9.17) is 0 Å². The van der Waals surface area contributed by atoms with Gasteiger partial charge in [-0.2, -0.15) is 5.10 Å². The highest BCUT2D eigenvalue weighted by atomic mass is 19.1. The van der Waals surface area contributed by atoms with Gasteiger partial charge in [0.15, 0.2) is 0 Å². The first kappa shape index (κ1) is 8.04. The quantitative estimate of drug-likeness (QED) is 0.707. The molecule has 2 rings (SSSR count). The highest BCUT2D eigenvalue weighted by Gasteiger charge is 2.12. The fourth-order valence-corrected chi connectivity index (χ4v) is 1.35. The minimum absolute atomic E-state index is 0.0700. The van der Waals surface area contributed by atoms with Crippen molar-refractivity contribution in [2.75, 3.05) is 0 Å². The zero-order valence-corrected chi connectivity index (χ0v) is 7.08. The Morgan fingerprint density at radius 1 is 1.54 bits per heavy atom. The van der Waals surface area contributed by atoms with Crippen LogP contribution in [-0.2, 0) is 0 Å². The van der Waals surface area contributed by atoms with Crippen LogP contribution in [0.25, 0.3) is 10.9 Å². The van der Waals surface area contributed by atoms with E-state index in [-0.39, 0.29) is 5.75 Å². The van der Waals surface area contributed by atoms with Crippen molar-refractivity contribution in [3.8, 4) is 5.75 Å². The maximum Gasteiger partial charge on any atom is 0.143 e. The Morgan fingerprint density at radius 2 is 2.31 bits per heavy atom. The van der Waals surface area contributed by atoms with Gasteiger partial charge in [0, 0.05) is 5.39 Å². The molecule has 0 aliphatic heterocycles. The predicted octanol–water partition coefficient (Wildman–Crippen LogP) is 2.30. The number of hydrogen-bond acceptors (Lipinski definition) is 2. The summed E-state index contributed by atoms with van der Waals surface area (Å²) < 4.78 is 13.0. The average molecular weight is 180 g/mol. The number of alkyl halides is 1. The maximum absolute atomic E-state index is 13.0.